The molecule has 0 aromatic heterocycles. The summed E-state index contributed by atoms with van der Waals surface area (Å²) in [6, 6.07) is 0. The van der Waals surface area contributed by atoms with Gasteiger partial charge < -0.3 is 15.3 Å². The summed E-state index contributed by atoms with van der Waals surface area (Å²) in [5.74, 6) is 0. The maximum absolute atomic E-state index is 7.87. The van der Waals surface area contributed by atoms with Crippen LogP contribution < -0.4 is 0 Å². The Bertz CT molecular complexity index is 59.1. The van der Waals surface area contributed by atoms with E-state index in [2.05, 4.69) is 24.1 Å². The van der Waals surface area contributed by atoms with E-state index in [4.69, 9.17) is 9.79 Å². The molecule has 0 spiro atoms. The zero-order valence-corrected chi connectivity index (χ0v) is 7.72. The largest absolute Gasteiger partial charge is 0.412 e. The van der Waals surface area contributed by atoms with Gasteiger partial charge in [0.05, 0.1) is 0 Å². The van der Waals surface area contributed by atoms with Gasteiger partial charge in [-0.2, -0.15) is 0 Å². The van der Waals surface area contributed by atoms with Crippen LogP contribution in [0.25, 0.3) is 0 Å². The van der Waals surface area contributed by atoms with Crippen LogP contribution in [0, 0.1) is 0 Å². The molecule has 7 heteroatoms. The van der Waals surface area contributed by atoms with Crippen LogP contribution >= 0.6 is 17.9 Å². The van der Waals surface area contributed by atoms with Crippen LogP contribution in [0.1, 0.15) is 0 Å². The van der Waals surface area contributed by atoms with Gasteiger partial charge in [-0.3, -0.25) is 0 Å². The molecule has 7 heavy (non-hydrogen) atoms. The van der Waals surface area contributed by atoms with E-state index in [1.165, 1.54) is 0 Å². The van der Waals surface area contributed by atoms with E-state index in [-0.39, 0.29) is 26.5 Å². The predicted octanol–water partition coefficient (Wildman–Crippen LogP) is -0.702. The Labute approximate surface area is 66.0 Å². The summed E-state index contributed by atoms with van der Waals surface area (Å²) in [4.78, 5) is 15.7. The van der Waals surface area contributed by atoms with Crippen molar-refractivity contribution in [3.63, 3.8) is 0 Å². The third kappa shape index (κ3) is 95.4. The maximum Gasteiger partial charge on any atom is 0.239 e. The fraction of sp³-hybridized carbons (Fsp3) is 0. The third-order valence-corrected chi connectivity index (χ3v) is 0. The molecule has 0 aliphatic rings. The molecule has 0 amide bonds. The van der Waals surface area contributed by atoms with Crippen LogP contribution in [-0.4, -0.2) is 15.3 Å². The van der Waals surface area contributed by atoms with E-state index in [0.29, 0.717) is 0 Å². The van der Waals surface area contributed by atoms with Gasteiger partial charge in [-0.15, -0.1) is 0 Å². The zero-order valence-electron chi connectivity index (χ0n) is 3.11. The van der Waals surface area contributed by atoms with Crippen molar-refractivity contribution in [2.45, 2.75) is 0 Å². The first-order valence-electron chi connectivity index (χ1n) is 0.783. The van der Waals surface area contributed by atoms with Crippen molar-refractivity contribution in [2.24, 2.45) is 0 Å². The van der Waals surface area contributed by atoms with Gasteiger partial charge in [0, 0.05) is 21.1 Å². The van der Waals surface area contributed by atoms with Crippen molar-refractivity contribution in [2.75, 3.05) is 0 Å². The van der Waals surface area contributed by atoms with Crippen LogP contribution in [0.2, 0.25) is 0 Å². The zero-order chi connectivity index (χ0) is 4.50. The smallest absolute Gasteiger partial charge is 0.239 e. The molecule has 0 fully saturated rings. The second-order valence-corrected chi connectivity index (χ2v) is 5.55. The van der Waals surface area contributed by atoms with Gasteiger partial charge in [0.1, 0.15) is 0 Å². The molecule has 0 rings (SSSR count). The number of rotatable bonds is 0. The first-order chi connectivity index (χ1) is 2.00. The SMILES string of the molecule is O.OP(O)(=S)S.[Mo]. The summed E-state index contributed by atoms with van der Waals surface area (Å²) in [7, 11) is 0. The van der Waals surface area contributed by atoms with Crippen LogP contribution in [0.4, 0.5) is 0 Å². The fourth-order valence-corrected chi connectivity index (χ4v) is 0. The minimum absolute atomic E-state index is 0. The molecule has 0 aromatic carbocycles. The summed E-state index contributed by atoms with van der Waals surface area (Å²) < 4.78 is 0. The Morgan fingerprint density at radius 3 is 1.43 bits per heavy atom. The van der Waals surface area contributed by atoms with Gasteiger partial charge >= 0.3 is 0 Å². The first-order valence-corrected chi connectivity index (χ1v) is 4.64. The molecule has 0 aliphatic carbocycles. The van der Waals surface area contributed by atoms with Crippen molar-refractivity contribution < 1.29 is 36.3 Å². The predicted molar refractivity (Wildman–Crippen MR) is 31.3 cm³/mol. The average Bonchev–Trinajstić information content (AvgIpc) is 0.722. The van der Waals surface area contributed by atoms with Crippen LogP contribution in [0.3, 0.4) is 0 Å². The molecule has 46 valence electrons. The van der Waals surface area contributed by atoms with Crippen LogP contribution in [0.15, 0.2) is 0 Å². The normalized spacial score (nSPS) is 8.43. The van der Waals surface area contributed by atoms with Gasteiger partial charge in [-0.1, -0.05) is 12.2 Å². The van der Waals surface area contributed by atoms with E-state index in [9.17, 15) is 0 Å². The molecule has 0 saturated heterocycles. The molecule has 0 bridgehead atoms. The summed E-state index contributed by atoms with van der Waals surface area (Å²) in [6.07, 6.45) is 0. The Morgan fingerprint density at radius 1 is 1.43 bits per heavy atom. The van der Waals surface area contributed by atoms with Crippen LogP contribution in [-0.2, 0) is 32.9 Å². The van der Waals surface area contributed by atoms with E-state index in [1.54, 1.807) is 0 Å². The van der Waals surface area contributed by atoms with Crippen molar-refractivity contribution >= 4 is 29.7 Å². The molecule has 0 aliphatic heterocycles. The van der Waals surface area contributed by atoms with Gasteiger partial charge in [0.2, 0.25) is 5.69 Å². The topological polar surface area (TPSA) is 72.0 Å². The molecule has 0 unspecified atom stereocenters. The summed E-state index contributed by atoms with van der Waals surface area (Å²) >= 11 is 7.07. The average molecular weight is 244 g/mol. The van der Waals surface area contributed by atoms with E-state index < -0.39 is 5.69 Å². The quantitative estimate of drug-likeness (QED) is 0.299. The number of hydrogen-bond donors (Lipinski definition) is 3. The van der Waals surface area contributed by atoms with E-state index in [1.807, 2.05) is 0 Å². The Hall–Kier alpha value is 1.57. The van der Waals surface area contributed by atoms with Gasteiger partial charge in [-0.05, 0) is 11.8 Å². The first kappa shape index (κ1) is 15.8. The van der Waals surface area contributed by atoms with Gasteiger partial charge in [0.15, 0.2) is 0 Å². The van der Waals surface area contributed by atoms with E-state index in [0.717, 1.165) is 0 Å². The van der Waals surface area contributed by atoms with Gasteiger partial charge in [0.25, 0.3) is 0 Å². The van der Waals surface area contributed by atoms with Gasteiger partial charge in [-0.25, -0.2) is 0 Å². The summed E-state index contributed by atoms with van der Waals surface area (Å²) in [5.41, 5.74) is -3.11. The molecular formula is H5MoO3PS2. The molecule has 0 aromatic rings. The second-order valence-electron chi connectivity index (χ2n) is 0.513. The number of hydrogen-bond acceptors (Lipinski definition) is 1. The van der Waals surface area contributed by atoms with Crippen molar-refractivity contribution in [3.8, 4) is 0 Å². The van der Waals surface area contributed by atoms with Crippen molar-refractivity contribution in [3.05, 3.63) is 0 Å². The summed E-state index contributed by atoms with van der Waals surface area (Å²) in [6.45, 7) is 0. The number of thiol groups is 1. The molecule has 0 radical (unpaired) electrons. The van der Waals surface area contributed by atoms with Crippen LogP contribution in [0.5, 0.6) is 0 Å². The third-order valence-electron chi connectivity index (χ3n) is 0. The molecule has 0 saturated carbocycles. The molecule has 0 heterocycles. The monoisotopic (exact) mass is 246 g/mol. The minimum atomic E-state index is -3.11. The fourth-order valence-electron chi connectivity index (χ4n) is 0. The maximum atomic E-state index is 7.87. The minimum Gasteiger partial charge on any atom is -0.412 e. The Kier molecular flexibility index (Phi) is 12.9. The second kappa shape index (κ2) is 5.70. The molecule has 4 N–H and O–H groups in total. The summed E-state index contributed by atoms with van der Waals surface area (Å²) in [5, 5.41) is 0. The molecule has 3 nitrogen and oxygen atoms in total. The Morgan fingerprint density at radius 2 is 1.43 bits per heavy atom. The molecular weight excluding hydrogens is 239 g/mol. The Balaban J connectivity index is -0.0000000800. The van der Waals surface area contributed by atoms with Crippen molar-refractivity contribution in [1.82, 2.24) is 0 Å². The van der Waals surface area contributed by atoms with E-state index >= 15 is 0 Å². The van der Waals surface area contributed by atoms with Crippen molar-refractivity contribution in [1.29, 1.82) is 0 Å². The standard InChI is InChI=1S/Mo.H3O2PS2.H2O/c;1-3(2,4)5;/h;(H3,1,2,4,5);1H2. The molecule has 0 atom stereocenters.